The largest absolute Gasteiger partial charge is 0.467 e. The van der Waals surface area contributed by atoms with Crippen molar-refractivity contribution >= 4 is 33.4 Å². The minimum absolute atomic E-state index is 0.0429. The van der Waals surface area contributed by atoms with E-state index in [0.29, 0.717) is 39.4 Å². The van der Waals surface area contributed by atoms with E-state index < -0.39 is 0 Å². The van der Waals surface area contributed by atoms with Crippen LogP contribution in [0, 0.1) is 18.8 Å². The fraction of sp³-hybridized carbons (Fsp3) is 0.579. The number of hydrogen-bond donors (Lipinski definition) is 0. The Hall–Kier alpha value is -2.22. The van der Waals surface area contributed by atoms with Gasteiger partial charge in [-0.3, -0.25) is 4.79 Å². The van der Waals surface area contributed by atoms with Crippen LogP contribution in [0.5, 0.6) is 5.88 Å². The molecule has 0 radical (unpaired) electrons. The number of thiophene rings is 1. The molecule has 27 heavy (non-hydrogen) atoms. The van der Waals surface area contributed by atoms with E-state index in [-0.39, 0.29) is 18.5 Å². The molecule has 0 N–H and O–H groups in total. The van der Waals surface area contributed by atoms with Crippen molar-refractivity contribution in [2.75, 3.05) is 26.3 Å². The summed E-state index contributed by atoms with van der Waals surface area (Å²) in [6, 6.07) is 0. The Morgan fingerprint density at radius 3 is 2.63 bits per heavy atom. The van der Waals surface area contributed by atoms with E-state index in [1.54, 1.807) is 6.92 Å². The molecule has 3 rings (SSSR count). The van der Waals surface area contributed by atoms with Crippen LogP contribution in [-0.2, 0) is 9.53 Å². The number of esters is 1. The van der Waals surface area contributed by atoms with Gasteiger partial charge in [-0.25, -0.2) is 14.8 Å². The number of nitrogens with zero attached hydrogens (tertiary/aromatic N) is 3. The molecular weight excluding hydrogens is 366 g/mol. The fourth-order valence-electron chi connectivity index (χ4n) is 3.63. The molecule has 2 unspecified atom stereocenters. The van der Waals surface area contributed by atoms with Crippen LogP contribution in [0.25, 0.3) is 10.2 Å². The minimum atomic E-state index is -0.378. The molecule has 2 aromatic heterocycles. The highest BCUT2D eigenvalue weighted by atomic mass is 32.1. The van der Waals surface area contributed by atoms with Gasteiger partial charge in [-0.05, 0) is 37.7 Å². The molecule has 0 bridgehead atoms. The number of hydrogen-bond acceptors (Lipinski definition) is 7. The first-order chi connectivity index (χ1) is 12.9. The zero-order chi connectivity index (χ0) is 19.6. The van der Waals surface area contributed by atoms with Crippen LogP contribution < -0.4 is 4.74 Å². The number of amides is 1. The fourth-order valence-corrected chi connectivity index (χ4v) is 4.66. The van der Waals surface area contributed by atoms with E-state index >= 15 is 0 Å². The predicted octanol–water partition coefficient (Wildman–Crippen LogP) is 3.06. The normalized spacial score (nSPS) is 19.9. The molecule has 3 heterocycles. The van der Waals surface area contributed by atoms with Crippen LogP contribution >= 0.6 is 11.3 Å². The number of carbonyl (C=O) groups excluding carboxylic acids is 2. The zero-order valence-electron chi connectivity index (χ0n) is 16.2. The van der Waals surface area contributed by atoms with Gasteiger partial charge in [0, 0.05) is 13.1 Å². The summed E-state index contributed by atoms with van der Waals surface area (Å²) < 4.78 is 10.8. The third-order valence-corrected chi connectivity index (χ3v) is 5.89. The van der Waals surface area contributed by atoms with Gasteiger partial charge in [0.05, 0.1) is 12.0 Å². The SMILES string of the molecule is CCOC(=O)c1sc2ncnc(OCC(=O)N3CC(C)CC(C)C3)c2c1C. The third kappa shape index (κ3) is 4.21. The average molecular weight is 391 g/mol. The molecule has 1 amide bonds. The standard InChI is InChI=1S/C19H25N3O4S/c1-5-25-19(24)16-13(4)15-17(20-10-21-18(15)27-16)26-9-14(23)22-7-11(2)6-12(3)8-22/h10-12H,5-9H2,1-4H3. The van der Waals surface area contributed by atoms with E-state index in [9.17, 15) is 9.59 Å². The lowest BCUT2D eigenvalue weighted by Crippen LogP contribution is -2.44. The molecule has 1 saturated heterocycles. The maximum Gasteiger partial charge on any atom is 0.348 e. The number of aromatic nitrogens is 2. The quantitative estimate of drug-likeness (QED) is 0.729. The van der Waals surface area contributed by atoms with Gasteiger partial charge in [0.15, 0.2) is 6.61 Å². The monoisotopic (exact) mass is 391 g/mol. The second kappa shape index (κ2) is 8.21. The molecule has 1 aliphatic rings. The highest BCUT2D eigenvalue weighted by Crippen LogP contribution is 2.34. The lowest BCUT2D eigenvalue weighted by molar-refractivity contribution is -0.136. The molecule has 1 aliphatic heterocycles. The number of aryl methyl sites for hydroxylation is 1. The summed E-state index contributed by atoms with van der Waals surface area (Å²) in [6.07, 6.45) is 2.53. The van der Waals surface area contributed by atoms with Gasteiger partial charge in [-0.1, -0.05) is 13.8 Å². The Balaban J connectivity index is 1.77. The second-order valence-electron chi connectivity index (χ2n) is 7.17. The highest BCUT2D eigenvalue weighted by molar-refractivity contribution is 7.20. The molecular formula is C19H25N3O4S. The van der Waals surface area contributed by atoms with Crippen molar-refractivity contribution in [1.82, 2.24) is 14.9 Å². The van der Waals surface area contributed by atoms with Crippen LogP contribution in [0.4, 0.5) is 0 Å². The minimum Gasteiger partial charge on any atom is -0.467 e. The van der Waals surface area contributed by atoms with E-state index in [2.05, 4.69) is 23.8 Å². The summed E-state index contributed by atoms with van der Waals surface area (Å²) in [5.41, 5.74) is 0.719. The van der Waals surface area contributed by atoms with Gasteiger partial charge >= 0.3 is 5.97 Å². The van der Waals surface area contributed by atoms with Crippen LogP contribution in [0.15, 0.2) is 6.33 Å². The molecule has 2 atom stereocenters. The predicted molar refractivity (Wildman–Crippen MR) is 103 cm³/mol. The molecule has 0 saturated carbocycles. The summed E-state index contributed by atoms with van der Waals surface area (Å²) in [6.45, 7) is 9.66. The Kier molecular flexibility index (Phi) is 5.94. The second-order valence-corrected chi connectivity index (χ2v) is 8.17. The van der Waals surface area contributed by atoms with Crippen molar-refractivity contribution in [3.63, 3.8) is 0 Å². The number of ether oxygens (including phenoxy) is 2. The van der Waals surface area contributed by atoms with Crippen LogP contribution in [-0.4, -0.2) is 53.0 Å². The highest BCUT2D eigenvalue weighted by Gasteiger charge is 2.26. The van der Waals surface area contributed by atoms with E-state index in [1.165, 1.54) is 17.7 Å². The van der Waals surface area contributed by atoms with Crippen LogP contribution in [0.2, 0.25) is 0 Å². The Bertz CT molecular complexity index is 841. The van der Waals surface area contributed by atoms with E-state index in [4.69, 9.17) is 9.47 Å². The molecule has 2 aromatic rings. The maximum absolute atomic E-state index is 12.6. The lowest BCUT2D eigenvalue weighted by Gasteiger charge is -2.34. The summed E-state index contributed by atoms with van der Waals surface area (Å²) in [5, 5.41) is 0.665. The number of rotatable bonds is 5. The van der Waals surface area contributed by atoms with Crippen molar-refractivity contribution in [3.05, 3.63) is 16.8 Å². The van der Waals surface area contributed by atoms with Gasteiger partial charge in [0.25, 0.3) is 5.91 Å². The summed E-state index contributed by atoms with van der Waals surface area (Å²) >= 11 is 1.25. The summed E-state index contributed by atoms with van der Waals surface area (Å²) in [7, 11) is 0. The summed E-state index contributed by atoms with van der Waals surface area (Å²) in [5.74, 6) is 0.898. The number of fused-ring (bicyclic) bond motifs is 1. The van der Waals surface area contributed by atoms with Crippen molar-refractivity contribution in [3.8, 4) is 5.88 Å². The average Bonchev–Trinajstić information content (AvgIpc) is 2.96. The molecule has 146 valence electrons. The van der Waals surface area contributed by atoms with Crippen molar-refractivity contribution in [1.29, 1.82) is 0 Å². The van der Waals surface area contributed by atoms with Crippen molar-refractivity contribution in [2.24, 2.45) is 11.8 Å². The summed E-state index contributed by atoms with van der Waals surface area (Å²) in [4.78, 5) is 36.1. The lowest BCUT2D eigenvalue weighted by atomic mass is 9.92. The molecule has 7 nitrogen and oxygen atoms in total. The first-order valence-electron chi connectivity index (χ1n) is 9.22. The van der Waals surface area contributed by atoms with Crippen molar-refractivity contribution in [2.45, 2.75) is 34.1 Å². The van der Waals surface area contributed by atoms with E-state index in [1.807, 2.05) is 11.8 Å². The van der Waals surface area contributed by atoms with Gasteiger partial charge in [-0.15, -0.1) is 11.3 Å². The molecule has 0 aliphatic carbocycles. The van der Waals surface area contributed by atoms with Gasteiger partial charge in [-0.2, -0.15) is 0 Å². The molecule has 8 heteroatoms. The maximum atomic E-state index is 12.6. The first-order valence-corrected chi connectivity index (χ1v) is 10.0. The number of piperidine rings is 1. The smallest absolute Gasteiger partial charge is 0.348 e. The Labute approximate surface area is 162 Å². The van der Waals surface area contributed by atoms with Gasteiger partial charge in [0.1, 0.15) is 16.0 Å². The zero-order valence-corrected chi connectivity index (χ0v) is 17.0. The molecule has 1 fully saturated rings. The number of carbonyl (C=O) groups is 2. The third-order valence-electron chi connectivity index (χ3n) is 4.71. The topological polar surface area (TPSA) is 81.6 Å². The van der Waals surface area contributed by atoms with E-state index in [0.717, 1.165) is 25.1 Å². The molecule has 0 spiro atoms. The Morgan fingerprint density at radius 2 is 1.96 bits per heavy atom. The van der Waals surface area contributed by atoms with Gasteiger partial charge in [0.2, 0.25) is 5.88 Å². The van der Waals surface area contributed by atoms with Crippen LogP contribution in [0.3, 0.4) is 0 Å². The van der Waals surface area contributed by atoms with Crippen molar-refractivity contribution < 1.29 is 19.1 Å². The van der Waals surface area contributed by atoms with Crippen LogP contribution in [0.1, 0.15) is 42.4 Å². The first kappa shape index (κ1) is 19.5. The molecule has 0 aromatic carbocycles. The number of likely N-dealkylation sites (tertiary alicyclic amines) is 1. The van der Waals surface area contributed by atoms with Gasteiger partial charge < -0.3 is 14.4 Å². The Morgan fingerprint density at radius 1 is 1.26 bits per heavy atom.